The van der Waals surface area contributed by atoms with Gasteiger partial charge in [-0.05, 0) is 6.07 Å². The van der Waals surface area contributed by atoms with E-state index in [9.17, 15) is 0 Å². The Bertz CT molecular complexity index is 197. The minimum atomic E-state index is 0.485. The van der Waals surface area contributed by atoms with Gasteiger partial charge in [-0.1, -0.05) is 12.1 Å². The van der Waals surface area contributed by atoms with Gasteiger partial charge in [0.25, 0.3) is 5.75 Å². The van der Waals surface area contributed by atoms with Crippen molar-refractivity contribution in [3.05, 3.63) is 24.3 Å². The summed E-state index contributed by atoms with van der Waals surface area (Å²) in [5, 5.41) is 0. The fourth-order valence-electron chi connectivity index (χ4n) is 0.881. The Morgan fingerprint density at radius 3 is 3.11 bits per heavy atom. The number of hydrogen-bond donors (Lipinski definition) is 0. The van der Waals surface area contributed by atoms with Gasteiger partial charge in [0.2, 0.25) is 5.75 Å². The molecule has 0 amide bonds. The van der Waals surface area contributed by atoms with E-state index in [1.807, 2.05) is 24.3 Å². The Balaban J connectivity index is 2.54. The third-order valence-corrected chi connectivity index (χ3v) is 1.32. The summed E-state index contributed by atoms with van der Waals surface area (Å²) in [7, 11) is 0. The molecular weight excluding hydrogens is 116 g/mol. The van der Waals surface area contributed by atoms with Crippen LogP contribution in [-0.4, -0.2) is 11.5 Å². The topological polar surface area (TPSA) is 22.0 Å². The molecule has 2 rings (SSSR count). The number of aromatic hydroxyl groups is 1. The minimum absolute atomic E-state index is 0.485. The van der Waals surface area contributed by atoms with E-state index >= 15 is 0 Å². The van der Waals surface area contributed by atoms with Crippen molar-refractivity contribution in [2.24, 2.45) is 0 Å². The molecule has 1 aromatic carbocycles. The first-order valence-electron chi connectivity index (χ1n) is 2.86. The third-order valence-electron chi connectivity index (χ3n) is 1.32. The molecule has 1 heterocycles. The van der Waals surface area contributed by atoms with Gasteiger partial charge in [0.15, 0.2) is 0 Å². The predicted octanol–water partition coefficient (Wildman–Crippen LogP) is 1.28. The van der Waals surface area contributed by atoms with E-state index in [-0.39, 0.29) is 0 Å². The first-order valence-corrected chi connectivity index (χ1v) is 2.86. The van der Waals surface area contributed by atoms with Gasteiger partial charge in [-0.2, -0.15) is 0 Å². The summed E-state index contributed by atoms with van der Waals surface area (Å²) in [6.07, 6.45) is 0. The summed E-state index contributed by atoms with van der Waals surface area (Å²) in [5.74, 6) is 1.87. The van der Waals surface area contributed by atoms with E-state index in [1.165, 1.54) is 0 Å². The first kappa shape index (κ1) is 4.68. The number of para-hydroxylation sites is 2. The fourth-order valence-corrected chi connectivity index (χ4v) is 0.881. The number of ether oxygens (including phenoxy) is 2. The first-order chi connectivity index (χ1) is 4.47. The summed E-state index contributed by atoms with van der Waals surface area (Å²) in [6, 6.07) is 7.77. The fraction of sp³-hybridized carbons (Fsp3) is 0.143. The SMILES string of the molecule is c1ccc2c(c1)OC[OH+]2. The minimum Gasteiger partial charge on any atom is -0.551 e. The van der Waals surface area contributed by atoms with Crippen LogP contribution in [0.1, 0.15) is 0 Å². The Hall–Kier alpha value is -1.18. The highest BCUT2D eigenvalue weighted by atomic mass is 16.7. The van der Waals surface area contributed by atoms with Crippen molar-refractivity contribution in [3.8, 4) is 11.5 Å². The summed E-state index contributed by atoms with van der Waals surface area (Å²) < 4.78 is 9.21. The predicted molar refractivity (Wildman–Crippen MR) is 33.6 cm³/mol. The molecule has 9 heavy (non-hydrogen) atoms. The van der Waals surface area contributed by atoms with E-state index in [0.29, 0.717) is 6.79 Å². The zero-order valence-electron chi connectivity index (χ0n) is 4.87. The van der Waals surface area contributed by atoms with Crippen LogP contribution in [0.3, 0.4) is 0 Å². The standard InChI is InChI=1S/C7H6O2/c1-2-4-7-6(3-1)8-5-9-7/h1-4H,5H2/p+1. The third kappa shape index (κ3) is 0.633. The molecule has 0 bridgehead atoms. The largest absolute Gasteiger partial charge is 0.551 e. The van der Waals surface area contributed by atoms with E-state index in [1.54, 1.807) is 0 Å². The second kappa shape index (κ2) is 1.65. The van der Waals surface area contributed by atoms with Crippen molar-refractivity contribution in [3.63, 3.8) is 0 Å². The zero-order valence-corrected chi connectivity index (χ0v) is 4.87. The van der Waals surface area contributed by atoms with Gasteiger partial charge < -0.3 is 9.47 Å². The Kier molecular flexibility index (Phi) is 0.859. The molecule has 1 aliphatic rings. The quantitative estimate of drug-likeness (QED) is 0.476. The van der Waals surface area contributed by atoms with Gasteiger partial charge in [-0.3, -0.25) is 0 Å². The van der Waals surface area contributed by atoms with Crippen LogP contribution in [-0.2, 0) is 0 Å². The molecule has 0 aliphatic carbocycles. The van der Waals surface area contributed by atoms with Crippen molar-refractivity contribution in [2.75, 3.05) is 6.79 Å². The Labute approximate surface area is 53.0 Å². The lowest BCUT2D eigenvalue weighted by molar-refractivity contribution is 0.00265. The summed E-state index contributed by atoms with van der Waals surface area (Å²) in [4.78, 5) is 0. The van der Waals surface area contributed by atoms with Crippen molar-refractivity contribution >= 4 is 0 Å². The van der Waals surface area contributed by atoms with Crippen molar-refractivity contribution in [1.29, 1.82) is 0 Å². The van der Waals surface area contributed by atoms with Gasteiger partial charge in [-0.15, -0.1) is 0 Å². The normalized spacial score (nSPS) is 13.8. The van der Waals surface area contributed by atoms with Crippen molar-refractivity contribution < 1.29 is 9.47 Å². The van der Waals surface area contributed by atoms with Crippen LogP contribution in [0.4, 0.5) is 0 Å². The summed E-state index contributed by atoms with van der Waals surface area (Å²) in [5.41, 5.74) is 0. The lowest BCUT2D eigenvalue weighted by Crippen LogP contribution is -1.89. The van der Waals surface area contributed by atoms with Crippen LogP contribution in [0.5, 0.6) is 11.5 Å². The molecule has 2 nitrogen and oxygen atoms in total. The maximum atomic E-state index is 5.13. The smallest absolute Gasteiger partial charge is 0.327 e. The van der Waals surface area contributed by atoms with E-state index in [2.05, 4.69) is 4.74 Å². The number of aliphatic hydroxyl groups is 1. The maximum Gasteiger partial charge on any atom is 0.327 e. The number of rotatable bonds is 0. The molecular formula is C7H7O2+. The summed E-state index contributed by atoms with van der Waals surface area (Å²) in [6.45, 7) is 0.485. The molecule has 2 heteroatoms. The van der Waals surface area contributed by atoms with Crippen LogP contribution in [0, 0.1) is 0 Å². The molecule has 46 valence electrons. The Morgan fingerprint density at radius 2 is 2.22 bits per heavy atom. The molecule has 0 aromatic heterocycles. The Morgan fingerprint density at radius 1 is 1.33 bits per heavy atom. The highest BCUT2D eigenvalue weighted by molar-refractivity contribution is 5.39. The molecule has 1 aromatic rings. The monoisotopic (exact) mass is 123 g/mol. The van der Waals surface area contributed by atoms with Gasteiger partial charge in [0.1, 0.15) is 0 Å². The molecule has 0 spiro atoms. The van der Waals surface area contributed by atoms with E-state index in [0.717, 1.165) is 11.5 Å². The molecule has 0 fully saturated rings. The average Bonchev–Trinajstić information content (AvgIpc) is 2.33. The van der Waals surface area contributed by atoms with E-state index in [4.69, 9.17) is 4.74 Å². The highest BCUT2D eigenvalue weighted by Crippen LogP contribution is 2.31. The zero-order chi connectivity index (χ0) is 6.10. The lowest BCUT2D eigenvalue weighted by atomic mass is 10.3. The average molecular weight is 123 g/mol. The molecule has 0 atom stereocenters. The second-order valence-electron chi connectivity index (χ2n) is 1.90. The van der Waals surface area contributed by atoms with Crippen molar-refractivity contribution in [1.82, 2.24) is 0 Å². The van der Waals surface area contributed by atoms with Gasteiger partial charge >= 0.3 is 6.79 Å². The lowest BCUT2D eigenvalue weighted by Gasteiger charge is -1.86. The van der Waals surface area contributed by atoms with Crippen LogP contribution in [0.15, 0.2) is 24.3 Å². The van der Waals surface area contributed by atoms with Crippen LogP contribution in [0.2, 0.25) is 0 Å². The molecule has 0 radical (unpaired) electrons. The van der Waals surface area contributed by atoms with Gasteiger partial charge in [-0.25, -0.2) is 0 Å². The van der Waals surface area contributed by atoms with Crippen LogP contribution in [0.25, 0.3) is 0 Å². The van der Waals surface area contributed by atoms with Gasteiger partial charge in [0.05, 0.1) is 0 Å². The molecule has 0 saturated carbocycles. The van der Waals surface area contributed by atoms with Crippen LogP contribution < -0.4 is 4.74 Å². The molecule has 0 saturated heterocycles. The summed E-state index contributed by atoms with van der Waals surface area (Å²) >= 11 is 0. The number of hydrogen-bond acceptors (Lipinski definition) is 1. The maximum absolute atomic E-state index is 5.13. The van der Waals surface area contributed by atoms with Gasteiger partial charge in [0, 0.05) is 6.07 Å². The molecule has 0 unspecified atom stereocenters. The number of fused-ring (bicyclic) bond motifs is 1. The van der Waals surface area contributed by atoms with Crippen molar-refractivity contribution in [2.45, 2.75) is 0 Å². The van der Waals surface area contributed by atoms with E-state index < -0.39 is 0 Å². The number of benzene rings is 1. The van der Waals surface area contributed by atoms with Crippen LogP contribution >= 0.6 is 0 Å². The molecule has 1 N–H and O–H groups in total. The highest BCUT2D eigenvalue weighted by Gasteiger charge is 2.15. The second-order valence-corrected chi connectivity index (χ2v) is 1.90. The molecule has 1 aliphatic heterocycles.